The van der Waals surface area contributed by atoms with Crippen LogP contribution in [0.25, 0.3) is 11.1 Å². The number of carbonyl (C=O) groups excluding carboxylic acids is 2. The van der Waals surface area contributed by atoms with Crippen LogP contribution in [0, 0.1) is 22.7 Å². The lowest BCUT2D eigenvalue weighted by atomic mass is 9.93. The molecule has 0 fully saturated rings. The van der Waals surface area contributed by atoms with Crippen molar-refractivity contribution in [3.05, 3.63) is 155 Å². The normalized spacial score (nSPS) is 9.95. The van der Waals surface area contributed by atoms with E-state index in [1.165, 1.54) is 0 Å². The second kappa shape index (κ2) is 15.2. The molecule has 0 saturated heterocycles. The minimum Gasteiger partial charge on any atom is -0.462 e. The van der Waals surface area contributed by atoms with Crippen LogP contribution in [0.15, 0.2) is 132 Å². The molecule has 0 atom stereocenters. The van der Waals surface area contributed by atoms with Crippen molar-refractivity contribution < 1.29 is 19.1 Å². The molecule has 0 amide bonds. The van der Waals surface area contributed by atoms with Gasteiger partial charge in [-0.3, -0.25) is 0 Å². The van der Waals surface area contributed by atoms with Crippen molar-refractivity contribution in [1.82, 2.24) is 0 Å². The lowest BCUT2D eigenvalue weighted by Gasteiger charge is -2.12. The summed E-state index contributed by atoms with van der Waals surface area (Å²) in [7, 11) is 0. The Bertz CT molecular complexity index is 1440. The van der Waals surface area contributed by atoms with Crippen molar-refractivity contribution in [3.8, 4) is 12.1 Å². The highest BCUT2D eigenvalue weighted by atomic mass is 16.5. The van der Waals surface area contributed by atoms with Gasteiger partial charge in [0.2, 0.25) is 0 Å². The van der Waals surface area contributed by atoms with Crippen molar-refractivity contribution in [3.63, 3.8) is 0 Å². The lowest BCUT2D eigenvalue weighted by Crippen LogP contribution is -2.13. The lowest BCUT2D eigenvalue weighted by molar-refractivity contribution is -0.141. The van der Waals surface area contributed by atoms with Crippen LogP contribution in [-0.4, -0.2) is 25.2 Å². The van der Waals surface area contributed by atoms with Crippen LogP contribution in [0.3, 0.4) is 0 Å². The smallest absolute Gasteiger partial charge is 0.349 e. The first kappa shape index (κ1) is 29.3. The molecule has 0 aliphatic carbocycles. The molecule has 206 valence electrons. The highest BCUT2D eigenvalue weighted by Gasteiger charge is 2.21. The largest absolute Gasteiger partial charge is 0.462 e. The Labute approximate surface area is 245 Å². The molecule has 0 unspecified atom stereocenters. The van der Waals surface area contributed by atoms with Crippen molar-refractivity contribution in [1.29, 1.82) is 10.5 Å². The zero-order chi connectivity index (χ0) is 29.6. The van der Waals surface area contributed by atoms with E-state index in [0.717, 1.165) is 22.3 Å². The molecule has 0 radical (unpaired) electrons. The summed E-state index contributed by atoms with van der Waals surface area (Å²) in [4.78, 5) is 25.9. The predicted molar refractivity (Wildman–Crippen MR) is 160 cm³/mol. The summed E-state index contributed by atoms with van der Waals surface area (Å²) in [5, 5.41) is 19.8. The summed E-state index contributed by atoms with van der Waals surface area (Å²) < 4.78 is 10.9. The second-order valence-corrected chi connectivity index (χ2v) is 9.17. The van der Waals surface area contributed by atoms with Crippen LogP contribution in [-0.2, 0) is 19.1 Å². The molecular formula is C36H28N2O4. The van der Waals surface area contributed by atoms with E-state index >= 15 is 0 Å². The third-order valence-electron chi connectivity index (χ3n) is 6.39. The standard InChI is InChI=1S/C36H28N2O4/c37-25-31(33(27-15-5-1-6-16-27)28-17-7-2-8-18-28)35(39)41-23-13-14-24-42-36(40)32(26-38)34(29-19-9-3-10-20-29)30-21-11-4-12-22-30/h1-12,15-22H,13-14,23-24H2. The van der Waals surface area contributed by atoms with Gasteiger partial charge in [0, 0.05) is 11.1 Å². The number of nitrogens with zero attached hydrogens (tertiary/aromatic N) is 2. The van der Waals surface area contributed by atoms with Gasteiger partial charge in [0.25, 0.3) is 0 Å². The molecule has 42 heavy (non-hydrogen) atoms. The van der Waals surface area contributed by atoms with E-state index in [2.05, 4.69) is 0 Å². The minimum absolute atomic E-state index is 0.0403. The van der Waals surface area contributed by atoms with Gasteiger partial charge >= 0.3 is 11.9 Å². The fraction of sp³-hybridized carbons (Fsp3) is 0.111. The number of rotatable bonds is 11. The number of unbranched alkanes of at least 4 members (excludes halogenated alkanes) is 1. The fourth-order valence-corrected chi connectivity index (χ4v) is 4.42. The van der Waals surface area contributed by atoms with Crippen molar-refractivity contribution in [2.45, 2.75) is 12.8 Å². The molecule has 4 aromatic carbocycles. The van der Waals surface area contributed by atoms with Crippen molar-refractivity contribution >= 4 is 23.1 Å². The van der Waals surface area contributed by atoms with Gasteiger partial charge in [-0.05, 0) is 35.1 Å². The zero-order valence-corrected chi connectivity index (χ0v) is 22.9. The maximum absolute atomic E-state index is 12.9. The maximum Gasteiger partial charge on any atom is 0.349 e. The molecule has 0 heterocycles. The van der Waals surface area contributed by atoms with Crippen molar-refractivity contribution in [2.75, 3.05) is 13.2 Å². The summed E-state index contributed by atoms with van der Waals surface area (Å²) in [6, 6.07) is 41.0. The highest BCUT2D eigenvalue weighted by Crippen LogP contribution is 2.28. The second-order valence-electron chi connectivity index (χ2n) is 9.17. The van der Waals surface area contributed by atoms with E-state index in [4.69, 9.17) is 9.47 Å². The molecule has 4 aromatic rings. The number of carbonyl (C=O) groups is 2. The van der Waals surface area contributed by atoms with Gasteiger partial charge in [-0.1, -0.05) is 121 Å². The Balaban J connectivity index is 1.39. The Hall–Kier alpha value is -5.72. The first-order chi connectivity index (χ1) is 20.6. The highest BCUT2D eigenvalue weighted by molar-refractivity contribution is 6.06. The van der Waals surface area contributed by atoms with Crippen molar-refractivity contribution in [2.24, 2.45) is 0 Å². The number of esters is 2. The van der Waals surface area contributed by atoms with Gasteiger partial charge in [0.05, 0.1) is 13.2 Å². The van der Waals surface area contributed by atoms with Crippen LogP contribution in [0.2, 0.25) is 0 Å². The van der Waals surface area contributed by atoms with Gasteiger partial charge < -0.3 is 9.47 Å². The third kappa shape index (κ3) is 7.47. The molecule has 0 saturated carbocycles. The first-order valence-electron chi connectivity index (χ1n) is 13.5. The minimum atomic E-state index is -0.720. The summed E-state index contributed by atoms with van der Waals surface area (Å²) >= 11 is 0. The van der Waals surface area contributed by atoms with E-state index in [-0.39, 0.29) is 24.4 Å². The molecule has 0 aliphatic rings. The molecule has 4 rings (SSSR count). The van der Waals surface area contributed by atoms with Gasteiger partial charge in [-0.15, -0.1) is 0 Å². The van der Waals surface area contributed by atoms with Crippen LogP contribution >= 0.6 is 0 Å². The number of ether oxygens (including phenoxy) is 2. The number of benzene rings is 4. The quantitative estimate of drug-likeness (QED) is 0.0868. The van der Waals surface area contributed by atoms with Crippen LogP contribution in [0.5, 0.6) is 0 Å². The van der Waals surface area contributed by atoms with E-state index in [1.54, 1.807) is 0 Å². The molecule has 0 N–H and O–H groups in total. The predicted octanol–water partition coefficient (Wildman–Crippen LogP) is 6.90. The topological polar surface area (TPSA) is 100 Å². The van der Waals surface area contributed by atoms with Crippen LogP contribution < -0.4 is 0 Å². The van der Waals surface area contributed by atoms with Gasteiger partial charge in [0.15, 0.2) is 0 Å². The van der Waals surface area contributed by atoms with Gasteiger partial charge in [-0.2, -0.15) is 10.5 Å². The first-order valence-corrected chi connectivity index (χ1v) is 13.5. The molecule has 0 spiro atoms. The summed E-state index contributed by atoms with van der Waals surface area (Å²) in [6.07, 6.45) is 0.805. The Morgan fingerprint density at radius 2 is 0.738 bits per heavy atom. The number of nitriles is 2. The van der Waals surface area contributed by atoms with E-state index < -0.39 is 11.9 Å². The molecular weight excluding hydrogens is 524 g/mol. The number of hydrogen-bond donors (Lipinski definition) is 0. The Kier molecular flexibility index (Phi) is 10.6. The van der Waals surface area contributed by atoms with E-state index in [0.29, 0.717) is 24.0 Å². The summed E-state index contributed by atoms with van der Waals surface area (Å²) in [5.41, 5.74) is 3.76. The van der Waals surface area contributed by atoms with E-state index in [1.807, 2.05) is 133 Å². The fourth-order valence-electron chi connectivity index (χ4n) is 4.42. The average molecular weight is 553 g/mol. The Morgan fingerprint density at radius 1 is 0.476 bits per heavy atom. The SMILES string of the molecule is N#CC(C(=O)OCCCCOC(=O)C(C#N)=C(c1ccccc1)c1ccccc1)=C(c1ccccc1)c1ccccc1. The molecule has 0 aliphatic heterocycles. The van der Waals surface area contributed by atoms with Crippen LogP contribution in [0.1, 0.15) is 35.1 Å². The molecule has 6 nitrogen and oxygen atoms in total. The Morgan fingerprint density at radius 3 is 0.976 bits per heavy atom. The number of hydrogen-bond acceptors (Lipinski definition) is 6. The monoisotopic (exact) mass is 552 g/mol. The average Bonchev–Trinajstić information content (AvgIpc) is 3.05. The van der Waals surface area contributed by atoms with Crippen LogP contribution in [0.4, 0.5) is 0 Å². The van der Waals surface area contributed by atoms with E-state index in [9.17, 15) is 20.1 Å². The zero-order valence-electron chi connectivity index (χ0n) is 22.9. The molecule has 0 aromatic heterocycles. The third-order valence-corrected chi connectivity index (χ3v) is 6.39. The van der Waals surface area contributed by atoms with Gasteiger partial charge in [0.1, 0.15) is 23.3 Å². The summed E-state index contributed by atoms with van der Waals surface area (Å²) in [6.45, 7) is 0.0807. The maximum atomic E-state index is 12.9. The summed E-state index contributed by atoms with van der Waals surface area (Å²) in [5.74, 6) is -1.44. The van der Waals surface area contributed by atoms with Gasteiger partial charge in [-0.25, -0.2) is 9.59 Å². The molecule has 0 bridgehead atoms. The molecule has 6 heteroatoms.